The van der Waals surface area contributed by atoms with E-state index in [1.807, 2.05) is 4.90 Å². The molecule has 0 aromatic rings. The van der Waals surface area contributed by atoms with Crippen LogP contribution in [0.4, 0.5) is 4.79 Å². The fraction of sp³-hybridized carbons (Fsp3) is 0.909. The van der Waals surface area contributed by atoms with Crippen molar-refractivity contribution in [3.05, 3.63) is 0 Å². The molecule has 14 heavy (non-hydrogen) atoms. The molecule has 0 spiro atoms. The molecule has 0 bridgehead atoms. The van der Waals surface area contributed by atoms with Gasteiger partial charge < -0.3 is 10.2 Å². The van der Waals surface area contributed by atoms with E-state index in [1.54, 1.807) is 0 Å². The first-order chi connectivity index (χ1) is 6.86. The van der Waals surface area contributed by atoms with Gasteiger partial charge in [-0.05, 0) is 25.2 Å². The van der Waals surface area contributed by atoms with Crippen molar-refractivity contribution in [3.63, 3.8) is 0 Å². The van der Waals surface area contributed by atoms with E-state index in [-0.39, 0.29) is 6.03 Å². The molecule has 3 heteroatoms. The lowest BCUT2D eigenvalue weighted by Crippen LogP contribution is -2.46. The highest BCUT2D eigenvalue weighted by Gasteiger charge is 2.19. The van der Waals surface area contributed by atoms with Crippen molar-refractivity contribution in [2.75, 3.05) is 19.6 Å². The number of urea groups is 1. The topological polar surface area (TPSA) is 32.3 Å². The third-order valence-corrected chi connectivity index (χ3v) is 3.43. The quantitative estimate of drug-likeness (QED) is 0.732. The molecule has 0 aromatic carbocycles. The average molecular weight is 196 g/mol. The fourth-order valence-electron chi connectivity index (χ4n) is 2.24. The van der Waals surface area contributed by atoms with Crippen LogP contribution in [0.3, 0.4) is 0 Å². The van der Waals surface area contributed by atoms with Crippen molar-refractivity contribution < 1.29 is 4.79 Å². The molecule has 2 amide bonds. The summed E-state index contributed by atoms with van der Waals surface area (Å²) in [5.41, 5.74) is 0. The molecule has 0 atom stereocenters. The molecule has 1 saturated heterocycles. The van der Waals surface area contributed by atoms with Gasteiger partial charge in [-0.2, -0.15) is 0 Å². The molecule has 1 saturated carbocycles. The number of hydrogen-bond acceptors (Lipinski definition) is 1. The Labute approximate surface area is 85.8 Å². The zero-order chi connectivity index (χ0) is 9.80. The summed E-state index contributed by atoms with van der Waals surface area (Å²) in [5.74, 6) is 0.975. The molecule has 80 valence electrons. The molecule has 0 aromatic heterocycles. The SMILES string of the molecule is O=C1NCCCN1CCCC1CCC1. The summed E-state index contributed by atoms with van der Waals surface area (Å²) in [6.45, 7) is 2.77. The van der Waals surface area contributed by atoms with Crippen LogP contribution in [0.2, 0.25) is 0 Å². The molecule has 1 N–H and O–H groups in total. The van der Waals surface area contributed by atoms with Crippen LogP contribution in [0.5, 0.6) is 0 Å². The second kappa shape index (κ2) is 4.67. The lowest BCUT2D eigenvalue weighted by molar-refractivity contribution is 0.181. The highest BCUT2D eigenvalue weighted by Crippen LogP contribution is 2.30. The van der Waals surface area contributed by atoms with Crippen molar-refractivity contribution in [1.82, 2.24) is 10.2 Å². The highest BCUT2D eigenvalue weighted by molar-refractivity contribution is 5.74. The van der Waals surface area contributed by atoms with Crippen LogP contribution in [0, 0.1) is 5.92 Å². The van der Waals surface area contributed by atoms with Gasteiger partial charge in [-0.15, -0.1) is 0 Å². The monoisotopic (exact) mass is 196 g/mol. The minimum atomic E-state index is 0.143. The molecule has 1 aliphatic carbocycles. The molecule has 0 radical (unpaired) electrons. The van der Waals surface area contributed by atoms with Gasteiger partial charge in [0.05, 0.1) is 0 Å². The van der Waals surface area contributed by atoms with Crippen LogP contribution in [0.25, 0.3) is 0 Å². The normalized spacial score (nSPS) is 23.1. The summed E-state index contributed by atoms with van der Waals surface area (Å²) in [4.78, 5) is 13.3. The average Bonchev–Trinajstić information content (AvgIpc) is 2.12. The van der Waals surface area contributed by atoms with Crippen molar-refractivity contribution in [2.45, 2.75) is 38.5 Å². The van der Waals surface area contributed by atoms with Crippen molar-refractivity contribution in [2.24, 2.45) is 5.92 Å². The summed E-state index contributed by atoms with van der Waals surface area (Å²) < 4.78 is 0. The van der Waals surface area contributed by atoms with Crippen molar-refractivity contribution in [3.8, 4) is 0 Å². The Kier molecular flexibility index (Phi) is 3.27. The third-order valence-electron chi connectivity index (χ3n) is 3.43. The largest absolute Gasteiger partial charge is 0.338 e. The molecule has 0 unspecified atom stereocenters. The number of hydrogen-bond donors (Lipinski definition) is 1. The van der Waals surface area contributed by atoms with Gasteiger partial charge in [0.1, 0.15) is 0 Å². The maximum Gasteiger partial charge on any atom is 0.317 e. The van der Waals surface area contributed by atoms with Crippen LogP contribution >= 0.6 is 0 Å². The van der Waals surface area contributed by atoms with E-state index >= 15 is 0 Å². The highest BCUT2D eigenvalue weighted by atomic mass is 16.2. The van der Waals surface area contributed by atoms with Gasteiger partial charge in [-0.3, -0.25) is 0 Å². The summed E-state index contributed by atoms with van der Waals surface area (Å²) in [6.07, 6.45) is 7.89. The van der Waals surface area contributed by atoms with Crippen LogP contribution in [0.15, 0.2) is 0 Å². The first kappa shape index (κ1) is 9.81. The van der Waals surface area contributed by atoms with Gasteiger partial charge in [0.25, 0.3) is 0 Å². The first-order valence-electron chi connectivity index (χ1n) is 5.89. The summed E-state index contributed by atoms with van der Waals surface area (Å²) in [6, 6.07) is 0.143. The van der Waals surface area contributed by atoms with Crippen LogP contribution in [-0.4, -0.2) is 30.6 Å². The van der Waals surface area contributed by atoms with Crippen LogP contribution < -0.4 is 5.32 Å². The Morgan fingerprint density at radius 1 is 1.36 bits per heavy atom. The van der Waals surface area contributed by atoms with Gasteiger partial charge in [0.2, 0.25) is 0 Å². The molecule has 3 nitrogen and oxygen atoms in total. The minimum absolute atomic E-state index is 0.143. The van der Waals surface area contributed by atoms with E-state index in [9.17, 15) is 4.79 Å². The standard InChI is InChI=1S/C11H20N2O/c14-11-12-7-3-9-13(11)8-2-6-10-4-1-5-10/h10H,1-9H2,(H,12,14). The van der Waals surface area contributed by atoms with E-state index in [0.717, 1.165) is 32.0 Å². The predicted octanol–water partition coefficient (Wildman–Crippen LogP) is 1.98. The van der Waals surface area contributed by atoms with Gasteiger partial charge >= 0.3 is 6.03 Å². The van der Waals surface area contributed by atoms with E-state index in [0.29, 0.717) is 0 Å². The molecule has 1 heterocycles. The molecule has 2 rings (SSSR count). The third kappa shape index (κ3) is 2.40. The fourth-order valence-corrected chi connectivity index (χ4v) is 2.24. The van der Waals surface area contributed by atoms with E-state index < -0.39 is 0 Å². The molecule has 2 aliphatic rings. The Balaban J connectivity index is 1.60. The summed E-state index contributed by atoms with van der Waals surface area (Å²) in [5, 5.41) is 2.89. The van der Waals surface area contributed by atoms with Crippen LogP contribution in [0.1, 0.15) is 38.5 Å². The van der Waals surface area contributed by atoms with Gasteiger partial charge in [0.15, 0.2) is 0 Å². The van der Waals surface area contributed by atoms with Crippen molar-refractivity contribution in [1.29, 1.82) is 0 Å². The number of rotatable bonds is 4. The Morgan fingerprint density at radius 3 is 2.86 bits per heavy atom. The Morgan fingerprint density at radius 2 is 2.21 bits per heavy atom. The Hall–Kier alpha value is -0.730. The molecule has 1 aliphatic heterocycles. The van der Waals surface area contributed by atoms with Crippen molar-refractivity contribution >= 4 is 6.03 Å². The van der Waals surface area contributed by atoms with Gasteiger partial charge in [-0.1, -0.05) is 19.3 Å². The molecule has 2 fully saturated rings. The summed E-state index contributed by atoms with van der Waals surface area (Å²) in [7, 11) is 0. The van der Waals surface area contributed by atoms with Gasteiger partial charge in [-0.25, -0.2) is 4.79 Å². The second-order valence-corrected chi connectivity index (χ2v) is 4.51. The lowest BCUT2D eigenvalue weighted by Gasteiger charge is -2.29. The van der Waals surface area contributed by atoms with Gasteiger partial charge in [0, 0.05) is 19.6 Å². The number of nitrogens with zero attached hydrogens (tertiary/aromatic N) is 1. The number of nitrogens with one attached hydrogen (secondary N) is 1. The number of carbonyl (C=O) groups excluding carboxylic acids is 1. The second-order valence-electron chi connectivity index (χ2n) is 4.51. The van der Waals surface area contributed by atoms with Crippen LogP contribution in [-0.2, 0) is 0 Å². The van der Waals surface area contributed by atoms with E-state index in [1.165, 1.54) is 32.1 Å². The Bertz CT molecular complexity index is 201. The smallest absolute Gasteiger partial charge is 0.317 e. The maximum absolute atomic E-state index is 11.4. The molecular formula is C11H20N2O. The van der Waals surface area contributed by atoms with E-state index in [2.05, 4.69) is 5.32 Å². The van der Waals surface area contributed by atoms with E-state index in [4.69, 9.17) is 0 Å². The lowest BCUT2D eigenvalue weighted by atomic mass is 9.82. The zero-order valence-corrected chi connectivity index (χ0v) is 8.80. The minimum Gasteiger partial charge on any atom is -0.338 e. The predicted molar refractivity (Wildman–Crippen MR) is 56.2 cm³/mol. The first-order valence-corrected chi connectivity index (χ1v) is 5.89. The number of carbonyl (C=O) groups is 1. The maximum atomic E-state index is 11.4. The number of amides is 2. The molecular weight excluding hydrogens is 176 g/mol. The summed E-state index contributed by atoms with van der Waals surface area (Å²) >= 11 is 0. The zero-order valence-electron chi connectivity index (χ0n) is 8.80.